The molecule has 0 aliphatic rings. The second-order valence-corrected chi connectivity index (χ2v) is 8.18. The number of para-hydroxylation sites is 1. The summed E-state index contributed by atoms with van der Waals surface area (Å²) in [6.45, 7) is 4.97. The molecule has 10 heteroatoms. The Bertz CT molecular complexity index is 1180. The van der Waals surface area contributed by atoms with Crippen LogP contribution in [0.2, 0.25) is 0 Å². The van der Waals surface area contributed by atoms with Gasteiger partial charge in [-0.3, -0.25) is 10.1 Å². The number of rotatable bonds is 5. The summed E-state index contributed by atoms with van der Waals surface area (Å²) in [5.74, 6) is -0.913. The SMILES string of the molecule is COCc1c(C(=O)Nc2cc(C(F)(F)F)ccc2NC(=O)OC(C)(C)C)oc2ccccc12. The fraction of sp³-hybridized carbons (Fsp3) is 0.304. The molecule has 0 saturated heterocycles. The molecule has 0 aliphatic carbocycles. The third kappa shape index (κ3) is 5.83. The topological polar surface area (TPSA) is 89.8 Å². The minimum Gasteiger partial charge on any atom is -0.451 e. The summed E-state index contributed by atoms with van der Waals surface area (Å²) < 4.78 is 55.8. The van der Waals surface area contributed by atoms with Gasteiger partial charge in [0, 0.05) is 18.1 Å². The molecule has 0 spiro atoms. The van der Waals surface area contributed by atoms with Crippen LogP contribution in [0.4, 0.5) is 29.3 Å². The van der Waals surface area contributed by atoms with Gasteiger partial charge in [-0.15, -0.1) is 0 Å². The first-order valence-corrected chi connectivity index (χ1v) is 9.91. The molecule has 1 heterocycles. The monoisotopic (exact) mass is 464 g/mol. The molecule has 0 fully saturated rings. The third-order valence-electron chi connectivity index (χ3n) is 4.42. The van der Waals surface area contributed by atoms with Crippen molar-refractivity contribution in [2.75, 3.05) is 17.7 Å². The summed E-state index contributed by atoms with van der Waals surface area (Å²) in [4.78, 5) is 25.2. The molecule has 0 bridgehead atoms. The average Bonchev–Trinajstić information content (AvgIpc) is 3.06. The summed E-state index contributed by atoms with van der Waals surface area (Å²) in [7, 11) is 1.44. The van der Waals surface area contributed by atoms with Gasteiger partial charge in [0.15, 0.2) is 5.76 Å². The van der Waals surface area contributed by atoms with Crippen LogP contribution in [-0.4, -0.2) is 24.7 Å². The van der Waals surface area contributed by atoms with Gasteiger partial charge in [-0.2, -0.15) is 13.2 Å². The van der Waals surface area contributed by atoms with Crippen LogP contribution < -0.4 is 10.6 Å². The van der Waals surface area contributed by atoms with Crippen LogP contribution in [0.3, 0.4) is 0 Å². The Hall–Kier alpha value is -3.53. The number of halogens is 3. The van der Waals surface area contributed by atoms with Crippen LogP contribution in [0.15, 0.2) is 46.9 Å². The van der Waals surface area contributed by atoms with Gasteiger partial charge in [-0.25, -0.2) is 4.79 Å². The van der Waals surface area contributed by atoms with Gasteiger partial charge >= 0.3 is 12.3 Å². The van der Waals surface area contributed by atoms with E-state index in [9.17, 15) is 22.8 Å². The Morgan fingerprint density at radius 3 is 2.33 bits per heavy atom. The summed E-state index contributed by atoms with van der Waals surface area (Å²) in [5, 5.41) is 5.42. The Labute approximate surface area is 187 Å². The van der Waals surface area contributed by atoms with Gasteiger partial charge in [-0.05, 0) is 45.0 Å². The van der Waals surface area contributed by atoms with E-state index in [1.54, 1.807) is 45.0 Å². The summed E-state index contributed by atoms with van der Waals surface area (Å²) in [6.07, 6.45) is -5.55. The lowest BCUT2D eigenvalue weighted by molar-refractivity contribution is -0.137. The van der Waals surface area contributed by atoms with E-state index >= 15 is 0 Å². The van der Waals surface area contributed by atoms with Gasteiger partial charge in [0.1, 0.15) is 11.2 Å². The number of nitrogens with one attached hydrogen (secondary N) is 2. The van der Waals surface area contributed by atoms with Crippen LogP contribution >= 0.6 is 0 Å². The van der Waals surface area contributed by atoms with E-state index in [1.165, 1.54) is 7.11 Å². The summed E-state index contributed by atoms with van der Waals surface area (Å²) in [6, 6.07) is 9.43. The largest absolute Gasteiger partial charge is 0.451 e. The van der Waals surface area contributed by atoms with Gasteiger partial charge < -0.3 is 19.2 Å². The molecular formula is C23H23F3N2O5. The van der Waals surface area contributed by atoms with E-state index in [0.717, 1.165) is 18.2 Å². The number of fused-ring (bicyclic) bond motifs is 1. The molecule has 0 atom stereocenters. The molecule has 0 aliphatic heterocycles. The minimum atomic E-state index is -4.66. The first-order valence-electron chi connectivity index (χ1n) is 9.91. The van der Waals surface area contributed by atoms with Crippen LogP contribution in [0.1, 0.15) is 42.5 Å². The minimum absolute atomic E-state index is 0.0470. The molecular weight excluding hydrogens is 441 g/mol. The van der Waals surface area contributed by atoms with Crippen molar-refractivity contribution in [2.24, 2.45) is 0 Å². The van der Waals surface area contributed by atoms with Crippen molar-refractivity contribution in [1.82, 2.24) is 0 Å². The van der Waals surface area contributed by atoms with E-state index in [4.69, 9.17) is 13.9 Å². The zero-order valence-electron chi connectivity index (χ0n) is 18.4. The van der Waals surface area contributed by atoms with E-state index in [-0.39, 0.29) is 23.7 Å². The number of carbonyl (C=O) groups is 2. The highest BCUT2D eigenvalue weighted by molar-refractivity contribution is 6.08. The molecule has 176 valence electrons. The first-order chi connectivity index (χ1) is 15.4. The maximum atomic E-state index is 13.3. The maximum Gasteiger partial charge on any atom is 0.416 e. The van der Waals surface area contributed by atoms with Crippen molar-refractivity contribution in [3.63, 3.8) is 0 Å². The fourth-order valence-electron chi connectivity index (χ4n) is 3.10. The van der Waals surface area contributed by atoms with Crippen molar-refractivity contribution in [3.8, 4) is 0 Å². The third-order valence-corrected chi connectivity index (χ3v) is 4.42. The lowest BCUT2D eigenvalue weighted by Crippen LogP contribution is -2.27. The van der Waals surface area contributed by atoms with Crippen LogP contribution in [0.5, 0.6) is 0 Å². The zero-order chi connectivity index (χ0) is 24.4. The van der Waals surface area contributed by atoms with Crippen molar-refractivity contribution in [3.05, 3.63) is 59.4 Å². The van der Waals surface area contributed by atoms with Crippen molar-refractivity contribution in [2.45, 2.75) is 39.2 Å². The van der Waals surface area contributed by atoms with Gasteiger partial charge in [0.25, 0.3) is 5.91 Å². The van der Waals surface area contributed by atoms with Gasteiger partial charge in [0.2, 0.25) is 0 Å². The quantitative estimate of drug-likeness (QED) is 0.469. The number of alkyl halides is 3. The Morgan fingerprint density at radius 1 is 1.00 bits per heavy atom. The number of methoxy groups -OCH3 is 1. The number of carbonyl (C=O) groups excluding carboxylic acids is 2. The second kappa shape index (κ2) is 9.14. The van der Waals surface area contributed by atoms with E-state index in [0.29, 0.717) is 16.5 Å². The normalized spacial score (nSPS) is 12.0. The number of hydrogen-bond acceptors (Lipinski definition) is 5. The Balaban J connectivity index is 1.99. The molecule has 0 saturated carbocycles. The van der Waals surface area contributed by atoms with Crippen molar-refractivity contribution < 1.29 is 36.7 Å². The highest BCUT2D eigenvalue weighted by Gasteiger charge is 2.32. The molecule has 3 rings (SSSR count). The smallest absolute Gasteiger partial charge is 0.416 e. The predicted molar refractivity (Wildman–Crippen MR) is 116 cm³/mol. The molecule has 33 heavy (non-hydrogen) atoms. The number of amides is 2. The molecule has 3 aromatic rings. The van der Waals surface area contributed by atoms with Crippen LogP contribution in [0.25, 0.3) is 11.0 Å². The summed E-state index contributed by atoms with van der Waals surface area (Å²) in [5.41, 5.74) is -1.32. The zero-order valence-corrected chi connectivity index (χ0v) is 18.4. The van der Waals surface area contributed by atoms with E-state index in [2.05, 4.69) is 10.6 Å². The van der Waals surface area contributed by atoms with Crippen molar-refractivity contribution in [1.29, 1.82) is 0 Å². The van der Waals surface area contributed by atoms with Crippen LogP contribution in [-0.2, 0) is 22.3 Å². The van der Waals surface area contributed by atoms with Gasteiger partial charge in [-0.1, -0.05) is 18.2 Å². The molecule has 1 aromatic heterocycles. The highest BCUT2D eigenvalue weighted by atomic mass is 19.4. The number of anilines is 2. The first kappa shape index (κ1) is 24.1. The van der Waals surface area contributed by atoms with E-state index in [1.807, 2.05) is 0 Å². The Kier molecular flexibility index (Phi) is 6.68. The van der Waals surface area contributed by atoms with Crippen LogP contribution in [0, 0.1) is 0 Å². The molecule has 2 amide bonds. The molecule has 0 radical (unpaired) electrons. The van der Waals surface area contributed by atoms with Crippen molar-refractivity contribution >= 4 is 34.3 Å². The molecule has 0 unspecified atom stereocenters. The molecule has 2 N–H and O–H groups in total. The highest BCUT2D eigenvalue weighted by Crippen LogP contribution is 2.35. The number of hydrogen-bond donors (Lipinski definition) is 2. The number of ether oxygens (including phenoxy) is 2. The summed E-state index contributed by atoms with van der Waals surface area (Å²) >= 11 is 0. The standard InChI is InChI=1S/C23H23F3N2O5/c1-22(2,3)33-21(30)28-16-10-9-13(23(24,25)26)11-17(16)27-20(29)19-15(12-31-4)14-7-5-6-8-18(14)32-19/h5-11H,12H2,1-4H3,(H,27,29)(H,28,30). The Morgan fingerprint density at radius 2 is 1.70 bits per heavy atom. The fourth-order valence-corrected chi connectivity index (χ4v) is 3.10. The average molecular weight is 464 g/mol. The lowest BCUT2D eigenvalue weighted by Gasteiger charge is -2.21. The lowest BCUT2D eigenvalue weighted by atomic mass is 10.1. The second-order valence-electron chi connectivity index (χ2n) is 8.18. The predicted octanol–water partition coefficient (Wildman–Crippen LogP) is 6.20. The maximum absolute atomic E-state index is 13.3. The molecule has 7 nitrogen and oxygen atoms in total. The number of benzene rings is 2. The molecule has 2 aromatic carbocycles. The van der Waals surface area contributed by atoms with Gasteiger partial charge in [0.05, 0.1) is 23.5 Å². The van der Waals surface area contributed by atoms with E-state index < -0.39 is 29.3 Å². The number of furan rings is 1.